The number of amides is 1. The van der Waals surface area contributed by atoms with Crippen LogP contribution in [0.2, 0.25) is 0 Å². The number of fused-ring (bicyclic) bond motifs is 1. The number of nitrogens with zero attached hydrogens (tertiary/aromatic N) is 3. The van der Waals surface area contributed by atoms with Gasteiger partial charge in [-0.15, -0.1) is 0 Å². The molecule has 4 rings (SSSR count). The number of carbonyl (C=O) groups excluding carboxylic acids is 1. The fraction of sp³-hybridized carbons (Fsp3) is 0.409. The maximum absolute atomic E-state index is 12.4. The van der Waals surface area contributed by atoms with E-state index in [1.54, 1.807) is 13.3 Å². The van der Waals surface area contributed by atoms with Gasteiger partial charge in [-0.2, -0.15) is 5.10 Å². The number of carbonyl (C=O) groups is 1. The van der Waals surface area contributed by atoms with Crippen LogP contribution in [0, 0.1) is 6.92 Å². The van der Waals surface area contributed by atoms with Crippen LogP contribution in [0.1, 0.15) is 29.2 Å². The summed E-state index contributed by atoms with van der Waals surface area (Å²) in [7, 11) is 1.65. The monoisotopic (exact) mass is 393 g/mol. The zero-order valence-electron chi connectivity index (χ0n) is 16.9. The van der Waals surface area contributed by atoms with Gasteiger partial charge in [-0.25, -0.2) is 9.67 Å². The van der Waals surface area contributed by atoms with Gasteiger partial charge in [-0.05, 0) is 49.2 Å². The van der Waals surface area contributed by atoms with Crippen LogP contribution in [0.4, 0.5) is 0 Å². The SMILES string of the molecule is COc1ccc(CC(=O)NCCn2nc(C3CCNC3)c3cccnc32)cc1C. The molecule has 152 valence electrons. The minimum atomic E-state index is -0.000737. The van der Waals surface area contributed by atoms with E-state index in [0.717, 1.165) is 53.1 Å². The molecule has 1 aliphatic heterocycles. The number of aromatic nitrogens is 3. The van der Waals surface area contributed by atoms with Crippen LogP contribution in [-0.2, 0) is 17.8 Å². The molecule has 0 aliphatic carbocycles. The molecule has 3 heterocycles. The Balaban J connectivity index is 1.38. The molecular formula is C22H27N5O2. The summed E-state index contributed by atoms with van der Waals surface area (Å²) in [5, 5.41) is 12.3. The first-order valence-electron chi connectivity index (χ1n) is 10.1. The molecular weight excluding hydrogens is 366 g/mol. The Morgan fingerprint density at radius 2 is 2.28 bits per heavy atom. The Hall–Kier alpha value is -2.93. The van der Waals surface area contributed by atoms with Crippen molar-refractivity contribution in [1.29, 1.82) is 0 Å². The molecule has 29 heavy (non-hydrogen) atoms. The molecule has 1 atom stereocenters. The second kappa shape index (κ2) is 8.61. The highest BCUT2D eigenvalue weighted by Crippen LogP contribution is 2.27. The molecule has 1 amide bonds. The fourth-order valence-electron chi connectivity index (χ4n) is 3.98. The molecule has 1 unspecified atom stereocenters. The third kappa shape index (κ3) is 4.24. The summed E-state index contributed by atoms with van der Waals surface area (Å²) in [6.45, 7) is 5.08. The van der Waals surface area contributed by atoms with E-state index >= 15 is 0 Å². The highest BCUT2D eigenvalue weighted by atomic mass is 16.5. The third-order valence-electron chi connectivity index (χ3n) is 5.45. The quantitative estimate of drug-likeness (QED) is 0.643. The average molecular weight is 393 g/mol. The van der Waals surface area contributed by atoms with E-state index in [4.69, 9.17) is 9.84 Å². The van der Waals surface area contributed by atoms with E-state index in [-0.39, 0.29) is 5.91 Å². The van der Waals surface area contributed by atoms with Crippen LogP contribution < -0.4 is 15.4 Å². The Bertz CT molecular complexity index is 1010. The van der Waals surface area contributed by atoms with Crippen molar-refractivity contribution in [3.05, 3.63) is 53.3 Å². The second-order valence-corrected chi connectivity index (χ2v) is 7.50. The number of hydrogen-bond acceptors (Lipinski definition) is 5. The summed E-state index contributed by atoms with van der Waals surface area (Å²) in [5.41, 5.74) is 4.00. The van der Waals surface area contributed by atoms with Crippen molar-refractivity contribution in [3.63, 3.8) is 0 Å². The lowest BCUT2D eigenvalue weighted by atomic mass is 10.0. The van der Waals surface area contributed by atoms with E-state index in [1.165, 1.54) is 0 Å². The summed E-state index contributed by atoms with van der Waals surface area (Å²) >= 11 is 0. The minimum Gasteiger partial charge on any atom is -0.496 e. The van der Waals surface area contributed by atoms with Crippen LogP contribution in [-0.4, -0.2) is 47.4 Å². The van der Waals surface area contributed by atoms with Gasteiger partial charge in [-0.3, -0.25) is 4.79 Å². The summed E-state index contributed by atoms with van der Waals surface area (Å²) in [4.78, 5) is 16.9. The molecule has 0 bridgehead atoms. The summed E-state index contributed by atoms with van der Waals surface area (Å²) in [6.07, 6.45) is 3.24. The molecule has 2 N–H and O–H groups in total. The summed E-state index contributed by atoms with van der Waals surface area (Å²) < 4.78 is 7.19. The molecule has 1 aliphatic rings. The van der Waals surface area contributed by atoms with E-state index in [9.17, 15) is 4.79 Å². The Morgan fingerprint density at radius 3 is 3.03 bits per heavy atom. The number of methoxy groups -OCH3 is 1. The van der Waals surface area contributed by atoms with Gasteiger partial charge < -0.3 is 15.4 Å². The number of ether oxygens (including phenoxy) is 1. The molecule has 3 aromatic rings. The van der Waals surface area contributed by atoms with Crippen molar-refractivity contribution in [2.45, 2.75) is 32.2 Å². The minimum absolute atomic E-state index is 0.000737. The van der Waals surface area contributed by atoms with E-state index in [2.05, 4.69) is 21.7 Å². The van der Waals surface area contributed by atoms with Gasteiger partial charge in [0.25, 0.3) is 0 Å². The second-order valence-electron chi connectivity index (χ2n) is 7.50. The van der Waals surface area contributed by atoms with Crippen LogP contribution >= 0.6 is 0 Å². The lowest BCUT2D eigenvalue weighted by Gasteiger charge is -2.09. The van der Waals surface area contributed by atoms with Crippen molar-refractivity contribution in [2.24, 2.45) is 0 Å². The van der Waals surface area contributed by atoms with Crippen molar-refractivity contribution < 1.29 is 9.53 Å². The van der Waals surface area contributed by atoms with Gasteiger partial charge >= 0.3 is 0 Å². The molecule has 7 nitrogen and oxygen atoms in total. The maximum atomic E-state index is 12.4. The topological polar surface area (TPSA) is 81.1 Å². The highest BCUT2D eigenvalue weighted by molar-refractivity contribution is 5.79. The highest BCUT2D eigenvalue weighted by Gasteiger charge is 2.23. The molecule has 1 aromatic carbocycles. The van der Waals surface area contributed by atoms with E-state index < -0.39 is 0 Å². The fourth-order valence-corrected chi connectivity index (χ4v) is 3.98. The predicted octanol–water partition coefficient (Wildman–Crippen LogP) is 2.18. The molecule has 0 saturated carbocycles. The number of benzene rings is 1. The van der Waals surface area contributed by atoms with Gasteiger partial charge in [0.1, 0.15) is 5.75 Å². The number of hydrogen-bond donors (Lipinski definition) is 2. The molecule has 7 heteroatoms. The van der Waals surface area contributed by atoms with E-state index in [0.29, 0.717) is 25.4 Å². The Morgan fingerprint density at radius 1 is 1.38 bits per heavy atom. The van der Waals surface area contributed by atoms with Gasteiger partial charge in [0.2, 0.25) is 5.91 Å². The number of nitrogens with one attached hydrogen (secondary N) is 2. The van der Waals surface area contributed by atoms with Crippen molar-refractivity contribution in [2.75, 3.05) is 26.7 Å². The zero-order chi connectivity index (χ0) is 20.2. The first kappa shape index (κ1) is 19.4. The standard InChI is InChI=1S/C22H27N5O2/c1-15-12-16(5-6-19(15)29-2)13-20(28)24-10-11-27-22-18(4-3-8-25-22)21(26-27)17-7-9-23-14-17/h3-6,8,12,17,23H,7,9-11,13-14H2,1-2H3,(H,24,28). The third-order valence-corrected chi connectivity index (χ3v) is 5.45. The van der Waals surface area contributed by atoms with Crippen molar-refractivity contribution in [3.8, 4) is 5.75 Å². The molecule has 1 fully saturated rings. The van der Waals surface area contributed by atoms with Gasteiger partial charge in [-0.1, -0.05) is 12.1 Å². The average Bonchev–Trinajstić information content (AvgIpc) is 3.36. The summed E-state index contributed by atoms with van der Waals surface area (Å²) in [5.74, 6) is 1.26. The largest absolute Gasteiger partial charge is 0.496 e. The smallest absolute Gasteiger partial charge is 0.224 e. The van der Waals surface area contributed by atoms with Crippen LogP contribution in [0.3, 0.4) is 0 Å². The number of aryl methyl sites for hydroxylation is 1. The molecule has 1 saturated heterocycles. The van der Waals surface area contributed by atoms with Crippen LogP contribution in [0.25, 0.3) is 11.0 Å². The zero-order valence-corrected chi connectivity index (χ0v) is 16.9. The van der Waals surface area contributed by atoms with Crippen molar-refractivity contribution >= 4 is 16.9 Å². The van der Waals surface area contributed by atoms with Gasteiger partial charge in [0.15, 0.2) is 5.65 Å². The molecule has 0 spiro atoms. The van der Waals surface area contributed by atoms with Crippen LogP contribution in [0.5, 0.6) is 5.75 Å². The number of pyridine rings is 1. The first-order valence-corrected chi connectivity index (χ1v) is 10.1. The molecule has 0 radical (unpaired) electrons. The van der Waals surface area contributed by atoms with Gasteiger partial charge in [0.05, 0.1) is 25.8 Å². The number of rotatable bonds is 7. The first-order chi connectivity index (χ1) is 14.2. The van der Waals surface area contributed by atoms with Crippen LogP contribution in [0.15, 0.2) is 36.5 Å². The maximum Gasteiger partial charge on any atom is 0.224 e. The predicted molar refractivity (Wildman–Crippen MR) is 112 cm³/mol. The summed E-state index contributed by atoms with van der Waals surface area (Å²) in [6, 6.07) is 9.87. The lowest BCUT2D eigenvalue weighted by Crippen LogP contribution is -2.29. The normalized spacial score (nSPS) is 16.3. The van der Waals surface area contributed by atoms with Gasteiger partial charge in [0, 0.05) is 30.6 Å². The molecule has 2 aromatic heterocycles. The van der Waals surface area contributed by atoms with Crippen molar-refractivity contribution in [1.82, 2.24) is 25.4 Å². The Kier molecular flexibility index (Phi) is 5.76. The lowest BCUT2D eigenvalue weighted by molar-refractivity contribution is -0.120. The Labute approximate surface area is 170 Å². The van der Waals surface area contributed by atoms with E-state index in [1.807, 2.05) is 35.9 Å².